The molecule has 0 unspecified atom stereocenters. The van der Waals surface area contributed by atoms with Crippen molar-refractivity contribution >= 4 is 5.95 Å². The predicted octanol–water partition coefficient (Wildman–Crippen LogP) is 2.29. The van der Waals surface area contributed by atoms with Gasteiger partial charge in [-0.2, -0.15) is 0 Å². The molecule has 104 valence electrons. The van der Waals surface area contributed by atoms with Gasteiger partial charge in [0, 0.05) is 5.21 Å². The lowest BCUT2D eigenvalue weighted by atomic mass is 10.1. The van der Waals surface area contributed by atoms with Crippen LogP contribution < -0.4 is 10.00 Å². The van der Waals surface area contributed by atoms with Crippen molar-refractivity contribution in [2.75, 3.05) is 5.32 Å². The number of tetrazole rings is 1. The maximum Gasteiger partial charge on any atom is 0.399 e. The average molecular weight is 254 g/mol. The maximum absolute atomic E-state index is 4.60. The highest BCUT2D eigenvalue weighted by Gasteiger charge is 2.34. The molecule has 0 aliphatic heterocycles. The second kappa shape index (κ2) is 4.21. The summed E-state index contributed by atoms with van der Waals surface area (Å²) >= 11 is 0. The average Bonchev–Trinajstić information content (AvgIpc) is 2.42. The van der Waals surface area contributed by atoms with Gasteiger partial charge in [0.05, 0.1) is 16.2 Å². The summed E-state index contributed by atoms with van der Waals surface area (Å²) in [5.74, 6) is 0.810. The number of hydrogen-bond donors (Lipinski definition) is 1. The molecular formula is C13H28N5+. The van der Waals surface area contributed by atoms with Gasteiger partial charge in [0.15, 0.2) is 0 Å². The lowest BCUT2D eigenvalue weighted by molar-refractivity contribution is -0.796. The van der Waals surface area contributed by atoms with Gasteiger partial charge in [-0.1, -0.05) is 0 Å². The SMILES string of the molecule is CC(C)(C)Nc1nn(C(C)(C)C)n[n+]1C(C)(C)C. The first-order valence-electron chi connectivity index (χ1n) is 6.49. The van der Waals surface area contributed by atoms with Crippen molar-refractivity contribution in [3.05, 3.63) is 0 Å². The molecule has 1 aromatic heterocycles. The molecule has 1 aromatic rings. The van der Waals surface area contributed by atoms with Crippen LogP contribution in [0.25, 0.3) is 0 Å². The quantitative estimate of drug-likeness (QED) is 0.782. The van der Waals surface area contributed by atoms with E-state index in [0.29, 0.717) is 0 Å². The Labute approximate surface area is 111 Å². The standard InChI is InChI=1S/C13H28N5/c1-11(2,3)14-10-15-18(13(7,8)9)16-17(10)12(4,5)6/h1-9H3,(H,14,15,16)/q+1. The van der Waals surface area contributed by atoms with Gasteiger partial charge in [-0.25, -0.2) is 0 Å². The van der Waals surface area contributed by atoms with E-state index in [2.05, 4.69) is 77.9 Å². The monoisotopic (exact) mass is 254 g/mol. The van der Waals surface area contributed by atoms with Crippen LogP contribution in [0.5, 0.6) is 0 Å². The lowest BCUT2D eigenvalue weighted by Gasteiger charge is -2.20. The van der Waals surface area contributed by atoms with E-state index in [4.69, 9.17) is 0 Å². The van der Waals surface area contributed by atoms with E-state index >= 15 is 0 Å². The van der Waals surface area contributed by atoms with Gasteiger partial charge in [-0.3, -0.25) is 5.32 Å². The highest BCUT2D eigenvalue weighted by atomic mass is 15.7. The fraction of sp³-hybridized carbons (Fsp3) is 0.923. The molecule has 0 spiro atoms. The minimum Gasteiger partial charge on any atom is -0.286 e. The van der Waals surface area contributed by atoms with Crippen LogP contribution in [0.3, 0.4) is 0 Å². The van der Waals surface area contributed by atoms with Crippen molar-refractivity contribution in [1.29, 1.82) is 0 Å². The topological polar surface area (TPSA) is 46.6 Å². The van der Waals surface area contributed by atoms with Gasteiger partial charge < -0.3 is 0 Å². The Balaban J connectivity index is 3.27. The normalized spacial score (nSPS) is 13.8. The summed E-state index contributed by atoms with van der Waals surface area (Å²) in [6.45, 7) is 19.0. The van der Waals surface area contributed by atoms with Crippen molar-refractivity contribution in [1.82, 2.24) is 15.1 Å². The summed E-state index contributed by atoms with van der Waals surface area (Å²) in [6.07, 6.45) is 0. The Kier molecular flexibility index (Phi) is 3.49. The Morgan fingerprint density at radius 3 is 1.78 bits per heavy atom. The molecule has 0 fully saturated rings. The minimum atomic E-state index is -0.120. The van der Waals surface area contributed by atoms with E-state index in [0.717, 1.165) is 5.95 Å². The second-order valence-corrected chi connectivity index (χ2v) is 7.83. The molecule has 0 bridgehead atoms. The van der Waals surface area contributed by atoms with Gasteiger partial charge in [-0.05, 0) is 67.1 Å². The van der Waals surface area contributed by atoms with Gasteiger partial charge in [0.25, 0.3) is 0 Å². The van der Waals surface area contributed by atoms with Gasteiger partial charge >= 0.3 is 5.95 Å². The van der Waals surface area contributed by atoms with Gasteiger partial charge in [0.1, 0.15) is 5.54 Å². The Morgan fingerprint density at radius 2 is 1.44 bits per heavy atom. The number of aromatic nitrogens is 4. The van der Waals surface area contributed by atoms with Crippen LogP contribution in [0, 0.1) is 0 Å². The van der Waals surface area contributed by atoms with E-state index < -0.39 is 0 Å². The number of hydrogen-bond acceptors (Lipinski definition) is 3. The molecule has 0 aromatic carbocycles. The number of nitrogens with zero attached hydrogens (tertiary/aromatic N) is 4. The van der Waals surface area contributed by atoms with Crippen molar-refractivity contribution in [2.45, 2.75) is 78.9 Å². The third kappa shape index (κ3) is 3.68. The largest absolute Gasteiger partial charge is 0.399 e. The summed E-state index contributed by atoms with van der Waals surface area (Å²) in [5.41, 5.74) is -0.256. The second-order valence-electron chi connectivity index (χ2n) is 7.83. The maximum atomic E-state index is 4.60. The van der Waals surface area contributed by atoms with Crippen molar-refractivity contribution in [2.24, 2.45) is 0 Å². The van der Waals surface area contributed by atoms with E-state index in [1.165, 1.54) is 0 Å². The highest BCUT2D eigenvalue weighted by molar-refractivity contribution is 5.19. The molecule has 5 nitrogen and oxygen atoms in total. The lowest BCUT2D eigenvalue weighted by Crippen LogP contribution is -2.55. The first-order valence-corrected chi connectivity index (χ1v) is 6.49. The third-order valence-corrected chi connectivity index (χ3v) is 2.29. The van der Waals surface area contributed by atoms with Crippen molar-refractivity contribution in [3.63, 3.8) is 0 Å². The van der Waals surface area contributed by atoms with Crippen LogP contribution in [0.2, 0.25) is 0 Å². The van der Waals surface area contributed by atoms with Crippen LogP contribution in [0.1, 0.15) is 62.3 Å². The zero-order chi connectivity index (χ0) is 14.4. The summed E-state index contributed by atoms with van der Waals surface area (Å²) < 4.78 is 1.95. The molecule has 18 heavy (non-hydrogen) atoms. The Morgan fingerprint density at radius 1 is 0.944 bits per heavy atom. The molecule has 0 saturated heterocycles. The van der Waals surface area contributed by atoms with Gasteiger partial charge in [0.2, 0.25) is 0 Å². The minimum absolute atomic E-state index is 0.0360. The zero-order valence-electron chi connectivity index (χ0n) is 13.3. The summed E-state index contributed by atoms with van der Waals surface area (Å²) in [4.78, 5) is 1.77. The van der Waals surface area contributed by atoms with Crippen LogP contribution in [0.4, 0.5) is 5.95 Å². The molecule has 1 N–H and O–H groups in total. The summed E-state index contributed by atoms with van der Waals surface area (Å²) in [5, 5.41) is 12.6. The zero-order valence-corrected chi connectivity index (χ0v) is 13.3. The molecule has 5 heteroatoms. The van der Waals surface area contributed by atoms with Crippen LogP contribution in [-0.2, 0) is 11.1 Å². The van der Waals surface area contributed by atoms with E-state index in [1.54, 1.807) is 4.80 Å². The molecular weight excluding hydrogens is 226 g/mol. The van der Waals surface area contributed by atoms with Crippen molar-refractivity contribution < 1.29 is 4.68 Å². The summed E-state index contributed by atoms with van der Waals surface area (Å²) in [6, 6.07) is 0. The molecule has 0 amide bonds. The van der Waals surface area contributed by atoms with E-state index in [9.17, 15) is 0 Å². The van der Waals surface area contributed by atoms with E-state index in [1.807, 2.05) is 4.68 Å². The van der Waals surface area contributed by atoms with E-state index in [-0.39, 0.29) is 16.6 Å². The first kappa shape index (κ1) is 14.9. The molecule has 1 rings (SSSR count). The van der Waals surface area contributed by atoms with Crippen LogP contribution in [-0.4, -0.2) is 20.6 Å². The van der Waals surface area contributed by atoms with Crippen LogP contribution >= 0.6 is 0 Å². The first-order chi connectivity index (χ1) is 7.81. The van der Waals surface area contributed by atoms with Crippen LogP contribution in [0.15, 0.2) is 0 Å². The number of nitrogens with one attached hydrogen (secondary N) is 1. The predicted molar refractivity (Wildman–Crippen MR) is 73.6 cm³/mol. The van der Waals surface area contributed by atoms with Gasteiger partial charge in [-0.15, -0.1) is 4.68 Å². The summed E-state index contributed by atoms with van der Waals surface area (Å²) in [7, 11) is 0. The number of rotatable bonds is 1. The highest BCUT2D eigenvalue weighted by Crippen LogP contribution is 2.15. The fourth-order valence-corrected chi connectivity index (χ4v) is 1.43. The fourth-order valence-electron chi connectivity index (χ4n) is 1.43. The van der Waals surface area contributed by atoms with Crippen molar-refractivity contribution in [3.8, 4) is 0 Å². The third-order valence-electron chi connectivity index (χ3n) is 2.29. The molecule has 1 heterocycles. The molecule has 0 aliphatic carbocycles. The molecule has 0 atom stereocenters. The Bertz CT molecular complexity index is 412. The number of anilines is 1. The molecule has 0 aliphatic rings. The smallest absolute Gasteiger partial charge is 0.286 e. The molecule has 0 radical (unpaired) electrons. The Hall–Kier alpha value is -1.13. The molecule has 0 saturated carbocycles.